The Kier molecular flexibility index (Phi) is 4.38. The molecule has 1 unspecified atom stereocenters. The fraction of sp³-hybridized carbons (Fsp3) is 0.400. The van der Waals surface area contributed by atoms with Crippen LogP contribution < -0.4 is 5.73 Å². The second kappa shape index (κ2) is 6.23. The van der Waals surface area contributed by atoms with Crippen LogP contribution in [-0.4, -0.2) is 29.9 Å². The molecule has 0 aromatic heterocycles. The molecule has 18 heavy (non-hydrogen) atoms. The summed E-state index contributed by atoms with van der Waals surface area (Å²) >= 11 is 0. The molecule has 0 radical (unpaired) electrons. The van der Waals surface area contributed by atoms with Crippen molar-refractivity contribution in [2.24, 2.45) is 5.73 Å². The molecule has 2 rings (SSSR count). The van der Waals surface area contributed by atoms with Gasteiger partial charge >= 0.3 is 0 Å². The molecule has 3 nitrogen and oxygen atoms in total. The zero-order valence-electron chi connectivity index (χ0n) is 10.4. The topological polar surface area (TPSA) is 46.3 Å². The minimum absolute atomic E-state index is 0.103. The summed E-state index contributed by atoms with van der Waals surface area (Å²) < 4.78 is 0. The van der Waals surface area contributed by atoms with Crippen molar-refractivity contribution in [3.63, 3.8) is 0 Å². The highest BCUT2D eigenvalue weighted by Gasteiger charge is 2.24. The summed E-state index contributed by atoms with van der Waals surface area (Å²) in [5.41, 5.74) is 6.56. The van der Waals surface area contributed by atoms with E-state index in [-0.39, 0.29) is 11.9 Å². The fourth-order valence-corrected chi connectivity index (χ4v) is 2.23. The van der Waals surface area contributed by atoms with E-state index >= 15 is 0 Å². The normalized spacial score (nSPS) is 18.9. The Bertz CT molecular complexity index is 458. The minimum atomic E-state index is -0.103. The smallest absolute Gasteiger partial charge is 0.299 e. The van der Waals surface area contributed by atoms with Crippen molar-refractivity contribution in [1.82, 2.24) is 4.90 Å². The van der Waals surface area contributed by atoms with Crippen molar-refractivity contribution < 1.29 is 4.79 Å². The van der Waals surface area contributed by atoms with Crippen LogP contribution in [0, 0.1) is 11.8 Å². The highest BCUT2D eigenvalue weighted by atomic mass is 16.2. The Hall–Kier alpha value is -1.79. The van der Waals surface area contributed by atoms with Crippen molar-refractivity contribution in [2.75, 3.05) is 13.1 Å². The van der Waals surface area contributed by atoms with Crippen LogP contribution in [0.2, 0.25) is 0 Å². The second-order valence-electron chi connectivity index (χ2n) is 4.50. The summed E-state index contributed by atoms with van der Waals surface area (Å²) in [6.45, 7) is 1.31. The van der Waals surface area contributed by atoms with E-state index in [4.69, 9.17) is 5.73 Å². The first-order valence-electron chi connectivity index (χ1n) is 6.39. The zero-order chi connectivity index (χ0) is 12.8. The van der Waals surface area contributed by atoms with Crippen molar-refractivity contribution in [1.29, 1.82) is 0 Å². The lowest BCUT2D eigenvalue weighted by Crippen LogP contribution is -2.46. The monoisotopic (exact) mass is 242 g/mol. The van der Waals surface area contributed by atoms with Gasteiger partial charge in [0, 0.05) is 30.6 Å². The summed E-state index contributed by atoms with van der Waals surface area (Å²) in [5.74, 6) is 5.52. The number of rotatable bonds is 1. The number of likely N-dealkylation sites (tertiary alicyclic amines) is 1. The maximum atomic E-state index is 12.0. The number of benzene rings is 1. The number of hydrogen-bond acceptors (Lipinski definition) is 2. The lowest BCUT2D eigenvalue weighted by molar-refractivity contribution is -0.128. The number of nitrogens with zero attached hydrogens (tertiary/aromatic N) is 1. The fourth-order valence-electron chi connectivity index (χ4n) is 2.23. The van der Waals surface area contributed by atoms with Gasteiger partial charge in [0.05, 0.1) is 0 Å². The lowest BCUT2D eigenvalue weighted by atomic mass is 10.0. The van der Waals surface area contributed by atoms with Gasteiger partial charge in [0.15, 0.2) is 0 Å². The second-order valence-corrected chi connectivity index (χ2v) is 4.50. The van der Waals surface area contributed by atoms with Crippen LogP contribution in [0.1, 0.15) is 24.8 Å². The number of hydrogen-bond donors (Lipinski definition) is 1. The summed E-state index contributed by atoms with van der Waals surface area (Å²) in [6.07, 6.45) is 3.20. The Morgan fingerprint density at radius 2 is 2.11 bits per heavy atom. The van der Waals surface area contributed by atoms with Gasteiger partial charge < -0.3 is 10.6 Å². The Labute approximate surface area is 108 Å². The highest BCUT2D eigenvalue weighted by molar-refractivity contribution is 5.94. The van der Waals surface area contributed by atoms with E-state index in [1.165, 1.54) is 0 Å². The third kappa shape index (κ3) is 3.12. The van der Waals surface area contributed by atoms with Crippen LogP contribution in [0.4, 0.5) is 0 Å². The molecule has 0 aliphatic carbocycles. The molecule has 0 saturated carbocycles. The van der Waals surface area contributed by atoms with Gasteiger partial charge in [-0.1, -0.05) is 24.1 Å². The molecule has 0 bridgehead atoms. The van der Waals surface area contributed by atoms with Crippen molar-refractivity contribution in [2.45, 2.75) is 25.3 Å². The average molecular weight is 242 g/mol. The minimum Gasteiger partial charge on any atom is -0.328 e. The van der Waals surface area contributed by atoms with E-state index in [1.54, 1.807) is 0 Å². The van der Waals surface area contributed by atoms with E-state index in [1.807, 2.05) is 35.2 Å². The standard InChI is InChI=1S/C15H18N2O/c16-12-14-8-4-5-11-17(14)15(18)10-9-13-6-2-1-3-7-13/h1-3,6-7,14H,4-5,8,11-12,16H2. The lowest BCUT2D eigenvalue weighted by Gasteiger charge is -2.33. The molecular weight excluding hydrogens is 224 g/mol. The van der Waals surface area contributed by atoms with Gasteiger partial charge in [-0.3, -0.25) is 4.79 Å². The Morgan fingerprint density at radius 1 is 1.33 bits per heavy atom. The first-order valence-corrected chi connectivity index (χ1v) is 6.39. The molecule has 2 N–H and O–H groups in total. The molecule has 1 heterocycles. The molecule has 1 aromatic rings. The third-order valence-electron chi connectivity index (χ3n) is 3.25. The van der Waals surface area contributed by atoms with Crippen molar-refractivity contribution in [3.8, 4) is 11.8 Å². The maximum Gasteiger partial charge on any atom is 0.299 e. The van der Waals surface area contributed by atoms with Crippen molar-refractivity contribution >= 4 is 5.91 Å². The number of amides is 1. The summed E-state index contributed by atoms with van der Waals surface area (Å²) in [5, 5.41) is 0. The van der Waals surface area contributed by atoms with E-state index in [0.29, 0.717) is 6.54 Å². The summed E-state index contributed by atoms with van der Waals surface area (Å²) in [4.78, 5) is 13.9. The van der Waals surface area contributed by atoms with Crippen LogP contribution >= 0.6 is 0 Å². The maximum absolute atomic E-state index is 12.0. The van der Waals surface area contributed by atoms with Crippen LogP contribution in [-0.2, 0) is 4.79 Å². The van der Waals surface area contributed by atoms with E-state index in [0.717, 1.165) is 31.4 Å². The SMILES string of the molecule is NCC1CCCCN1C(=O)C#Cc1ccccc1. The largest absolute Gasteiger partial charge is 0.328 e. The summed E-state index contributed by atoms with van der Waals surface area (Å²) in [6, 6.07) is 9.72. The van der Waals surface area contributed by atoms with Crippen LogP contribution in [0.3, 0.4) is 0 Å². The molecule has 1 saturated heterocycles. The molecule has 1 fully saturated rings. The predicted octanol–water partition coefficient (Wildman–Crippen LogP) is 1.38. The predicted molar refractivity (Wildman–Crippen MR) is 71.7 cm³/mol. The van der Waals surface area contributed by atoms with Gasteiger partial charge in [0.2, 0.25) is 0 Å². The molecule has 1 aromatic carbocycles. The van der Waals surface area contributed by atoms with Gasteiger partial charge in [-0.05, 0) is 31.4 Å². The van der Waals surface area contributed by atoms with Gasteiger partial charge in [0.1, 0.15) is 0 Å². The molecule has 3 heteroatoms. The van der Waals surface area contributed by atoms with Gasteiger partial charge in [-0.2, -0.15) is 0 Å². The van der Waals surface area contributed by atoms with Crippen LogP contribution in [0.5, 0.6) is 0 Å². The average Bonchev–Trinajstić information content (AvgIpc) is 2.45. The number of carbonyl (C=O) groups excluding carboxylic acids is 1. The Morgan fingerprint density at radius 3 is 2.83 bits per heavy atom. The molecular formula is C15H18N2O. The number of piperidine rings is 1. The Balaban J connectivity index is 2.05. The van der Waals surface area contributed by atoms with Crippen LogP contribution in [0.25, 0.3) is 0 Å². The third-order valence-corrected chi connectivity index (χ3v) is 3.25. The van der Waals surface area contributed by atoms with E-state index < -0.39 is 0 Å². The first-order chi connectivity index (χ1) is 8.81. The first kappa shape index (κ1) is 12.7. The van der Waals surface area contributed by atoms with Crippen LogP contribution in [0.15, 0.2) is 30.3 Å². The zero-order valence-corrected chi connectivity index (χ0v) is 10.4. The van der Waals surface area contributed by atoms with E-state index in [9.17, 15) is 4.79 Å². The van der Waals surface area contributed by atoms with Crippen molar-refractivity contribution in [3.05, 3.63) is 35.9 Å². The van der Waals surface area contributed by atoms with E-state index in [2.05, 4.69) is 11.8 Å². The molecule has 1 aliphatic heterocycles. The molecule has 1 amide bonds. The molecule has 1 aliphatic rings. The highest BCUT2D eigenvalue weighted by Crippen LogP contribution is 2.15. The number of carbonyl (C=O) groups is 1. The van der Waals surface area contributed by atoms with Gasteiger partial charge in [-0.25, -0.2) is 0 Å². The van der Waals surface area contributed by atoms with Gasteiger partial charge in [-0.15, -0.1) is 0 Å². The summed E-state index contributed by atoms with van der Waals surface area (Å²) in [7, 11) is 0. The molecule has 94 valence electrons. The molecule has 1 atom stereocenters. The molecule has 0 spiro atoms. The quantitative estimate of drug-likeness (QED) is 0.756. The van der Waals surface area contributed by atoms with Gasteiger partial charge in [0.25, 0.3) is 5.91 Å². The number of nitrogens with two attached hydrogens (primary N) is 1.